The van der Waals surface area contributed by atoms with E-state index in [0.717, 1.165) is 30.8 Å². The molecule has 134 valence electrons. The number of hydrogen-bond donors (Lipinski definition) is 1. The van der Waals surface area contributed by atoms with Gasteiger partial charge in [0.1, 0.15) is 5.82 Å². The first kappa shape index (κ1) is 18.4. The molecule has 0 saturated heterocycles. The standard InChI is InChI=1S/C21H22ClN3O/c1-3-25(4-2)14-15-8-7-9-16(12-15)21-23-19(13-20(26)24-21)17-10-5-6-11-18(17)22/h5-13H,3-4,14H2,1-2H3,(H,23,24,26). The lowest BCUT2D eigenvalue weighted by Crippen LogP contribution is -2.22. The van der Waals surface area contributed by atoms with Gasteiger partial charge in [-0.3, -0.25) is 9.69 Å². The number of benzene rings is 2. The Kier molecular flexibility index (Phi) is 5.86. The summed E-state index contributed by atoms with van der Waals surface area (Å²) < 4.78 is 0. The Balaban J connectivity index is 2.00. The van der Waals surface area contributed by atoms with E-state index in [0.29, 0.717) is 16.5 Å². The van der Waals surface area contributed by atoms with Crippen molar-refractivity contribution in [1.82, 2.24) is 14.9 Å². The average Bonchev–Trinajstić information content (AvgIpc) is 2.66. The minimum atomic E-state index is -0.195. The highest BCUT2D eigenvalue weighted by Gasteiger charge is 2.10. The summed E-state index contributed by atoms with van der Waals surface area (Å²) in [4.78, 5) is 22.0. The fraction of sp³-hybridized carbons (Fsp3) is 0.238. The van der Waals surface area contributed by atoms with Crippen molar-refractivity contribution in [2.24, 2.45) is 0 Å². The molecule has 0 radical (unpaired) electrons. The minimum Gasteiger partial charge on any atom is -0.306 e. The molecule has 0 bridgehead atoms. The Morgan fingerprint density at radius 2 is 1.81 bits per heavy atom. The van der Waals surface area contributed by atoms with Gasteiger partial charge in [-0.1, -0.05) is 61.8 Å². The van der Waals surface area contributed by atoms with Crippen molar-refractivity contribution < 1.29 is 0 Å². The fourth-order valence-corrected chi connectivity index (χ4v) is 3.16. The van der Waals surface area contributed by atoms with Crippen molar-refractivity contribution in [2.75, 3.05) is 13.1 Å². The molecule has 3 rings (SSSR count). The van der Waals surface area contributed by atoms with Crippen LogP contribution in [-0.4, -0.2) is 28.0 Å². The second-order valence-electron chi connectivity index (χ2n) is 6.12. The number of aromatic nitrogens is 2. The summed E-state index contributed by atoms with van der Waals surface area (Å²) in [6.45, 7) is 7.17. The predicted octanol–water partition coefficient (Wildman–Crippen LogP) is 4.60. The molecule has 0 amide bonds. The first-order chi connectivity index (χ1) is 12.6. The maximum absolute atomic E-state index is 12.2. The van der Waals surface area contributed by atoms with E-state index in [1.807, 2.05) is 30.3 Å². The van der Waals surface area contributed by atoms with Crippen LogP contribution in [0.4, 0.5) is 0 Å². The Hall–Kier alpha value is -2.43. The molecule has 0 unspecified atom stereocenters. The summed E-state index contributed by atoms with van der Waals surface area (Å²) in [5.74, 6) is 0.550. The van der Waals surface area contributed by atoms with Crippen molar-refractivity contribution in [2.45, 2.75) is 20.4 Å². The molecule has 2 aromatic carbocycles. The van der Waals surface area contributed by atoms with E-state index in [4.69, 9.17) is 11.6 Å². The maximum atomic E-state index is 12.2. The van der Waals surface area contributed by atoms with Gasteiger partial charge in [-0.05, 0) is 30.8 Å². The molecule has 26 heavy (non-hydrogen) atoms. The molecule has 5 heteroatoms. The second-order valence-corrected chi connectivity index (χ2v) is 6.53. The van der Waals surface area contributed by atoms with Crippen LogP contribution in [0.2, 0.25) is 5.02 Å². The fourth-order valence-electron chi connectivity index (χ4n) is 2.92. The number of nitrogens with zero attached hydrogens (tertiary/aromatic N) is 2. The number of H-pyrrole nitrogens is 1. The molecule has 0 aliphatic rings. The zero-order chi connectivity index (χ0) is 18.5. The van der Waals surface area contributed by atoms with Crippen LogP contribution >= 0.6 is 11.6 Å². The lowest BCUT2D eigenvalue weighted by Gasteiger charge is -2.18. The number of rotatable bonds is 6. The summed E-state index contributed by atoms with van der Waals surface area (Å²) in [5, 5.41) is 0.576. The predicted molar refractivity (Wildman–Crippen MR) is 107 cm³/mol. The van der Waals surface area contributed by atoms with Crippen LogP contribution in [0.15, 0.2) is 59.4 Å². The topological polar surface area (TPSA) is 49.0 Å². The van der Waals surface area contributed by atoms with E-state index >= 15 is 0 Å². The zero-order valence-electron chi connectivity index (χ0n) is 15.0. The highest BCUT2D eigenvalue weighted by molar-refractivity contribution is 6.33. The van der Waals surface area contributed by atoms with E-state index in [1.54, 1.807) is 6.07 Å². The first-order valence-electron chi connectivity index (χ1n) is 8.78. The Labute approximate surface area is 158 Å². The van der Waals surface area contributed by atoms with E-state index in [-0.39, 0.29) is 5.56 Å². The van der Waals surface area contributed by atoms with E-state index in [1.165, 1.54) is 11.6 Å². The molecule has 1 aromatic heterocycles. The van der Waals surface area contributed by atoms with Crippen molar-refractivity contribution in [3.63, 3.8) is 0 Å². The van der Waals surface area contributed by atoms with Crippen LogP contribution in [0.1, 0.15) is 19.4 Å². The molecule has 1 N–H and O–H groups in total. The SMILES string of the molecule is CCN(CC)Cc1cccc(-c2nc(-c3ccccc3Cl)cc(=O)[nH]2)c1. The number of nitrogens with one attached hydrogen (secondary N) is 1. The number of halogens is 1. The molecule has 4 nitrogen and oxygen atoms in total. The molecule has 0 atom stereocenters. The molecule has 0 aliphatic carbocycles. The van der Waals surface area contributed by atoms with Gasteiger partial charge in [0.15, 0.2) is 0 Å². The van der Waals surface area contributed by atoms with Gasteiger partial charge in [0.25, 0.3) is 5.56 Å². The van der Waals surface area contributed by atoms with Crippen molar-refractivity contribution >= 4 is 11.6 Å². The third kappa shape index (κ3) is 4.21. The van der Waals surface area contributed by atoms with Gasteiger partial charge in [0.2, 0.25) is 0 Å². The van der Waals surface area contributed by atoms with E-state index in [9.17, 15) is 4.79 Å². The summed E-state index contributed by atoms with van der Waals surface area (Å²) in [7, 11) is 0. The molecule has 0 saturated carbocycles. The van der Waals surface area contributed by atoms with Gasteiger partial charge in [0, 0.05) is 28.8 Å². The van der Waals surface area contributed by atoms with Crippen molar-refractivity contribution in [1.29, 1.82) is 0 Å². The van der Waals surface area contributed by atoms with Gasteiger partial charge in [-0.15, -0.1) is 0 Å². The third-order valence-corrected chi connectivity index (χ3v) is 4.72. The van der Waals surface area contributed by atoms with Gasteiger partial charge in [0.05, 0.1) is 5.69 Å². The van der Waals surface area contributed by atoms with Crippen LogP contribution in [0.5, 0.6) is 0 Å². The van der Waals surface area contributed by atoms with Crippen molar-refractivity contribution in [3.8, 4) is 22.6 Å². The first-order valence-corrected chi connectivity index (χ1v) is 9.16. The number of hydrogen-bond acceptors (Lipinski definition) is 3. The van der Waals surface area contributed by atoms with E-state index in [2.05, 4.69) is 40.8 Å². The Bertz CT molecular complexity index is 948. The van der Waals surface area contributed by atoms with Crippen LogP contribution < -0.4 is 5.56 Å². The molecule has 0 fully saturated rings. The van der Waals surface area contributed by atoms with Gasteiger partial charge in [-0.2, -0.15) is 0 Å². The maximum Gasteiger partial charge on any atom is 0.251 e. The summed E-state index contributed by atoms with van der Waals surface area (Å²) in [5.41, 5.74) is 3.21. The lowest BCUT2D eigenvalue weighted by atomic mass is 10.1. The van der Waals surface area contributed by atoms with Gasteiger partial charge >= 0.3 is 0 Å². The minimum absolute atomic E-state index is 0.195. The molecular formula is C21H22ClN3O. The Morgan fingerprint density at radius 1 is 1.04 bits per heavy atom. The zero-order valence-corrected chi connectivity index (χ0v) is 15.8. The van der Waals surface area contributed by atoms with Gasteiger partial charge in [-0.25, -0.2) is 4.98 Å². The van der Waals surface area contributed by atoms with Crippen LogP contribution in [0.25, 0.3) is 22.6 Å². The quantitative estimate of drug-likeness (QED) is 0.692. The number of aromatic amines is 1. The summed E-state index contributed by atoms with van der Waals surface area (Å²) in [6, 6.07) is 17.0. The monoisotopic (exact) mass is 367 g/mol. The summed E-state index contributed by atoms with van der Waals surface area (Å²) in [6.07, 6.45) is 0. The third-order valence-electron chi connectivity index (χ3n) is 4.39. The van der Waals surface area contributed by atoms with Crippen LogP contribution in [0, 0.1) is 0 Å². The van der Waals surface area contributed by atoms with E-state index < -0.39 is 0 Å². The highest BCUT2D eigenvalue weighted by atomic mass is 35.5. The Morgan fingerprint density at radius 3 is 2.54 bits per heavy atom. The largest absolute Gasteiger partial charge is 0.306 e. The normalized spacial score (nSPS) is 11.1. The summed E-state index contributed by atoms with van der Waals surface area (Å²) >= 11 is 6.27. The molecule has 0 aliphatic heterocycles. The molecule has 0 spiro atoms. The smallest absolute Gasteiger partial charge is 0.251 e. The second kappa shape index (κ2) is 8.30. The highest BCUT2D eigenvalue weighted by Crippen LogP contribution is 2.26. The van der Waals surface area contributed by atoms with Crippen LogP contribution in [-0.2, 0) is 6.54 Å². The van der Waals surface area contributed by atoms with Crippen LogP contribution in [0.3, 0.4) is 0 Å². The lowest BCUT2D eigenvalue weighted by molar-refractivity contribution is 0.296. The molecule has 3 aromatic rings. The van der Waals surface area contributed by atoms with Crippen molar-refractivity contribution in [3.05, 3.63) is 75.5 Å². The molecular weight excluding hydrogens is 346 g/mol. The molecule has 1 heterocycles. The average molecular weight is 368 g/mol. The van der Waals surface area contributed by atoms with Gasteiger partial charge < -0.3 is 4.98 Å².